The summed E-state index contributed by atoms with van der Waals surface area (Å²) in [6.07, 6.45) is 5.12. The van der Waals surface area contributed by atoms with E-state index in [1.165, 1.54) is 12.2 Å². The topological polar surface area (TPSA) is 149 Å². The van der Waals surface area contributed by atoms with Gasteiger partial charge in [-0.05, 0) is 88.0 Å². The van der Waals surface area contributed by atoms with Crippen molar-refractivity contribution in [2.24, 2.45) is 39.4 Å². The van der Waals surface area contributed by atoms with Gasteiger partial charge < -0.3 is 25.2 Å². The van der Waals surface area contributed by atoms with Crippen LogP contribution in [0.3, 0.4) is 0 Å². The van der Waals surface area contributed by atoms with Crippen LogP contribution in [0.1, 0.15) is 94.4 Å². The maximum Gasteiger partial charge on any atom is 0.184 e. The molecule has 4 N–H and O–H groups in total. The molecule has 0 heterocycles. The Morgan fingerprint density at radius 1 is 1.07 bits per heavy atom. The van der Waals surface area contributed by atoms with Gasteiger partial charge in [-0.15, -0.1) is 0 Å². The summed E-state index contributed by atoms with van der Waals surface area (Å²) in [6, 6.07) is 0. The molecule has 4 aliphatic carbocycles. The first-order valence-corrected chi connectivity index (χ1v) is 14.7. The molecule has 234 valence electrons. The number of fused-ring (bicyclic) bond motifs is 5. The van der Waals surface area contributed by atoms with Crippen LogP contribution in [-0.2, 0) is 19.2 Å². The molecule has 3 fully saturated rings. The molecule has 41 heavy (non-hydrogen) atoms. The zero-order valence-corrected chi connectivity index (χ0v) is 26.8. The number of aliphatic hydroxyl groups excluding tert-OH is 3. The minimum atomic E-state index is -1.24. The Morgan fingerprint density at radius 2 is 1.61 bits per heavy atom. The summed E-state index contributed by atoms with van der Waals surface area (Å²) in [5.41, 5.74) is -2.53. The number of Topliss-reactive ketones (excluding diaryl/α,β-unsaturated/α-hetero) is 2. The predicted molar refractivity (Wildman–Crippen MR) is 159 cm³/mol. The smallest absolute Gasteiger partial charge is 0.184 e. The maximum absolute atomic E-state index is 14.1. The lowest BCUT2D eigenvalue weighted by molar-refractivity contribution is -0.176. The fraction of sp³-hybridized carbons (Fsp3) is 0.758. The van der Waals surface area contributed by atoms with Crippen molar-refractivity contribution < 1.29 is 39.6 Å². The fourth-order valence-corrected chi connectivity index (χ4v) is 8.46. The Kier molecular flexibility index (Phi) is 11.8. The number of rotatable bonds is 4. The fourth-order valence-electron chi connectivity index (χ4n) is 8.46. The van der Waals surface area contributed by atoms with Gasteiger partial charge in [0, 0.05) is 24.4 Å². The average Bonchev–Trinajstić information content (AvgIpc) is 3.19. The monoisotopic (exact) mass is 578 g/mol. The third kappa shape index (κ3) is 5.95. The molecular weight excluding hydrogens is 524 g/mol. The third-order valence-corrected chi connectivity index (χ3v) is 10.8. The first kappa shape index (κ1) is 37.0. The van der Waals surface area contributed by atoms with E-state index >= 15 is 0 Å². The van der Waals surface area contributed by atoms with Crippen molar-refractivity contribution >= 4 is 24.1 Å². The second-order valence-electron chi connectivity index (χ2n) is 13.4. The Hall–Kier alpha value is -2.00. The van der Waals surface area contributed by atoms with Crippen molar-refractivity contribution in [1.29, 1.82) is 0 Å². The van der Waals surface area contributed by atoms with Crippen LogP contribution in [0.2, 0.25) is 0 Å². The summed E-state index contributed by atoms with van der Waals surface area (Å²) >= 11 is 0. The number of carbonyl (C=O) groups is 4. The number of hydrogen-bond donors (Lipinski definition) is 4. The van der Waals surface area contributed by atoms with Crippen molar-refractivity contribution in [2.75, 3.05) is 7.11 Å². The second kappa shape index (κ2) is 13.1. The van der Waals surface area contributed by atoms with Gasteiger partial charge >= 0.3 is 0 Å². The van der Waals surface area contributed by atoms with E-state index in [0.29, 0.717) is 12.8 Å². The summed E-state index contributed by atoms with van der Waals surface area (Å²) in [7, 11) is 1.00. The summed E-state index contributed by atoms with van der Waals surface area (Å²) in [6.45, 7) is 19.1. The Balaban J connectivity index is 0.00000131. The molecule has 8 heteroatoms. The molecule has 0 radical (unpaired) electrons. The molecule has 0 aromatic heterocycles. The van der Waals surface area contributed by atoms with Crippen molar-refractivity contribution in [1.82, 2.24) is 0 Å². The van der Waals surface area contributed by atoms with E-state index in [2.05, 4.69) is 19.9 Å². The Bertz CT molecular complexity index is 1040. The normalized spacial score (nSPS) is 37.9. The van der Waals surface area contributed by atoms with Crippen molar-refractivity contribution in [2.45, 2.75) is 112 Å². The second-order valence-corrected chi connectivity index (χ2v) is 13.4. The summed E-state index contributed by atoms with van der Waals surface area (Å²) < 4.78 is 0. The zero-order chi connectivity index (χ0) is 32.4. The van der Waals surface area contributed by atoms with E-state index in [4.69, 9.17) is 9.90 Å². The van der Waals surface area contributed by atoms with Gasteiger partial charge in [-0.25, -0.2) is 0 Å². The zero-order valence-electron chi connectivity index (χ0n) is 26.8. The average molecular weight is 579 g/mol. The van der Waals surface area contributed by atoms with Crippen molar-refractivity contribution in [3.8, 4) is 0 Å². The van der Waals surface area contributed by atoms with Gasteiger partial charge in [-0.3, -0.25) is 14.4 Å². The highest BCUT2D eigenvalue weighted by molar-refractivity contribution is 5.95. The van der Waals surface area contributed by atoms with Gasteiger partial charge in [0.1, 0.15) is 24.8 Å². The maximum atomic E-state index is 14.1. The Morgan fingerprint density at radius 3 is 2.12 bits per heavy atom. The number of hydrogen-bond acceptors (Lipinski definition) is 8. The van der Waals surface area contributed by atoms with Gasteiger partial charge in [-0.1, -0.05) is 52.3 Å². The molecule has 0 spiro atoms. The van der Waals surface area contributed by atoms with Gasteiger partial charge in [0.25, 0.3) is 0 Å². The van der Waals surface area contributed by atoms with Crippen molar-refractivity contribution in [3.05, 3.63) is 23.8 Å². The molecule has 0 amide bonds. The van der Waals surface area contributed by atoms with Gasteiger partial charge in [-0.2, -0.15) is 0 Å². The molecule has 8 atom stereocenters. The number of ketones is 3. The highest BCUT2D eigenvalue weighted by atomic mass is 16.3. The van der Waals surface area contributed by atoms with Crippen LogP contribution in [0.5, 0.6) is 0 Å². The van der Waals surface area contributed by atoms with Crippen LogP contribution in [0.4, 0.5) is 0 Å². The minimum Gasteiger partial charge on any atom is -0.400 e. The largest absolute Gasteiger partial charge is 0.400 e. The molecule has 8 nitrogen and oxygen atoms in total. The third-order valence-electron chi connectivity index (χ3n) is 10.8. The van der Waals surface area contributed by atoms with E-state index in [1.807, 2.05) is 41.4 Å². The van der Waals surface area contributed by atoms with Crippen LogP contribution in [0.25, 0.3) is 0 Å². The van der Waals surface area contributed by atoms with E-state index in [1.54, 1.807) is 13.8 Å². The lowest BCUT2D eigenvalue weighted by Gasteiger charge is -2.64. The van der Waals surface area contributed by atoms with Crippen LogP contribution < -0.4 is 0 Å². The van der Waals surface area contributed by atoms with Crippen LogP contribution in [-0.4, -0.2) is 69.5 Å². The molecule has 0 saturated heterocycles. The van der Waals surface area contributed by atoms with Crippen LogP contribution in [0, 0.1) is 39.4 Å². The predicted octanol–water partition coefficient (Wildman–Crippen LogP) is 4.02. The molecule has 3 saturated carbocycles. The van der Waals surface area contributed by atoms with E-state index in [9.17, 15) is 29.7 Å². The molecule has 0 aromatic rings. The summed E-state index contributed by atoms with van der Waals surface area (Å²) in [5.74, 6) is -1.08. The first-order chi connectivity index (χ1) is 18.9. The molecule has 0 aliphatic heterocycles. The molecule has 8 unspecified atom stereocenters. The number of aliphatic hydroxyl groups is 4. The molecule has 4 rings (SSSR count). The minimum absolute atomic E-state index is 0.00887. The Labute approximate surface area is 246 Å². The standard InChI is InChI=1S/C29H42O6.C2H6.CH4O.CH2O/c1-25(2,35)12-11-19(30)23(33)17-10-13-27(5)21-9-8-16-18(14-20(31)24(34)26(16,3)4)29(21,7)22(32)15-28(17,27)6;3*1-2/h8,11-12,17-18,20-21,23,31,33,35H,9-10,13-15H2,1-7H3;1-2H3;2H,1H3;1H2/b12-11+;;;. The van der Waals surface area contributed by atoms with E-state index < -0.39 is 39.8 Å². The molecule has 0 aromatic carbocycles. The highest BCUT2D eigenvalue weighted by Gasteiger charge is 2.71. The van der Waals surface area contributed by atoms with Gasteiger partial charge in [0.15, 0.2) is 11.6 Å². The lowest BCUT2D eigenvalue weighted by Crippen LogP contribution is -2.64. The quantitative estimate of drug-likeness (QED) is 0.289. The molecule has 4 aliphatic rings. The first-order valence-electron chi connectivity index (χ1n) is 14.7. The SMILES string of the molecule is C=O.CC.CC(C)(O)/C=C/C(=O)C(O)C1CCC2(C)C3CC=C4C(CC(O)C(=O)C4(C)C)C3(C)C(=O)CC12C.CO. The molecular formula is C33H54O8. The summed E-state index contributed by atoms with van der Waals surface area (Å²) in [5, 5.41) is 38.7. The lowest BCUT2D eigenvalue weighted by atomic mass is 9.39. The van der Waals surface area contributed by atoms with Gasteiger partial charge in [0.05, 0.1) is 5.60 Å². The van der Waals surface area contributed by atoms with Crippen LogP contribution in [0.15, 0.2) is 23.8 Å². The van der Waals surface area contributed by atoms with Crippen LogP contribution >= 0.6 is 0 Å². The van der Waals surface area contributed by atoms with Crippen molar-refractivity contribution in [3.63, 3.8) is 0 Å². The van der Waals surface area contributed by atoms with Gasteiger partial charge in [0.2, 0.25) is 0 Å². The van der Waals surface area contributed by atoms with E-state index in [-0.39, 0.29) is 47.6 Å². The van der Waals surface area contributed by atoms with E-state index in [0.717, 1.165) is 19.1 Å². The summed E-state index contributed by atoms with van der Waals surface area (Å²) in [4.78, 5) is 47.7. The highest BCUT2D eigenvalue weighted by Crippen LogP contribution is 2.73. The molecule has 0 bridgehead atoms. The number of carbonyl (C=O) groups excluding carboxylic acids is 4. The number of allylic oxidation sites excluding steroid dienone is 2.